The lowest BCUT2D eigenvalue weighted by Gasteiger charge is -2.44. The fraction of sp³-hybridized carbons (Fsp3) is 1.00. The molecule has 3 heteroatoms. The molecule has 110 valence electrons. The fourth-order valence-corrected chi connectivity index (χ4v) is 4.02. The second-order valence-electron chi connectivity index (χ2n) is 6.96. The zero-order chi connectivity index (χ0) is 13.1. The van der Waals surface area contributed by atoms with Crippen LogP contribution in [0.2, 0.25) is 0 Å². The standard InChI is InChI=1S/C16H29NO2/c1-13-2-4-14(5-3-13)17-15-6-9-19-16(12-15)7-10-18-11-8-16/h13-15,17H,2-12H2,1H3. The maximum absolute atomic E-state index is 6.12. The normalized spacial score (nSPS) is 39.3. The van der Waals surface area contributed by atoms with Gasteiger partial charge in [0.25, 0.3) is 0 Å². The summed E-state index contributed by atoms with van der Waals surface area (Å²) in [6.07, 6.45) is 10.1. The van der Waals surface area contributed by atoms with Crippen LogP contribution in [0.15, 0.2) is 0 Å². The Morgan fingerprint density at radius 1 is 0.895 bits per heavy atom. The lowest BCUT2D eigenvalue weighted by atomic mass is 9.82. The van der Waals surface area contributed by atoms with Gasteiger partial charge in [-0.25, -0.2) is 0 Å². The zero-order valence-corrected chi connectivity index (χ0v) is 12.3. The molecule has 19 heavy (non-hydrogen) atoms. The number of hydrogen-bond donors (Lipinski definition) is 1. The number of rotatable bonds is 2. The minimum absolute atomic E-state index is 0.135. The van der Waals surface area contributed by atoms with Crippen LogP contribution in [0, 0.1) is 5.92 Å². The smallest absolute Gasteiger partial charge is 0.0741 e. The van der Waals surface area contributed by atoms with E-state index in [1.54, 1.807) is 0 Å². The average molecular weight is 267 g/mol. The lowest BCUT2D eigenvalue weighted by molar-refractivity contribution is -0.141. The molecule has 3 rings (SSSR count). The predicted octanol–water partition coefficient (Wildman–Crippen LogP) is 2.88. The van der Waals surface area contributed by atoms with Crippen LogP contribution in [-0.2, 0) is 9.47 Å². The largest absolute Gasteiger partial charge is 0.381 e. The van der Waals surface area contributed by atoms with Crippen molar-refractivity contribution in [1.82, 2.24) is 5.32 Å². The van der Waals surface area contributed by atoms with Gasteiger partial charge < -0.3 is 14.8 Å². The number of nitrogens with one attached hydrogen (secondary N) is 1. The van der Waals surface area contributed by atoms with Crippen molar-refractivity contribution in [2.24, 2.45) is 5.92 Å². The summed E-state index contributed by atoms with van der Waals surface area (Å²) in [4.78, 5) is 0. The Hall–Kier alpha value is -0.120. The molecule has 0 bridgehead atoms. The minimum atomic E-state index is 0.135. The first-order chi connectivity index (χ1) is 9.26. The molecular formula is C16H29NO2. The van der Waals surface area contributed by atoms with Crippen molar-refractivity contribution in [2.75, 3.05) is 19.8 Å². The molecule has 1 N–H and O–H groups in total. The van der Waals surface area contributed by atoms with E-state index in [1.165, 1.54) is 38.5 Å². The first kappa shape index (κ1) is 13.8. The van der Waals surface area contributed by atoms with E-state index < -0.39 is 0 Å². The third kappa shape index (κ3) is 3.50. The van der Waals surface area contributed by atoms with Crippen LogP contribution in [0.1, 0.15) is 58.3 Å². The minimum Gasteiger partial charge on any atom is -0.381 e. The van der Waals surface area contributed by atoms with E-state index in [-0.39, 0.29) is 5.60 Å². The Morgan fingerprint density at radius 3 is 2.37 bits per heavy atom. The summed E-state index contributed by atoms with van der Waals surface area (Å²) < 4.78 is 11.6. The summed E-state index contributed by atoms with van der Waals surface area (Å²) >= 11 is 0. The zero-order valence-electron chi connectivity index (χ0n) is 12.3. The quantitative estimate of drug-likeness (QED) is 0.834. The molecule has 1 unspecified atom stereocenters. The highest BCUT2D eigenvalue weighted by atomic mass is 16.5. The van der Waals surface area contributed by atoms with Crippen molar-refractivity contribution in [2.45, 2.75) is 76.0 Å². The molecular weight excluding hydrogens is 238 g/mol. The molecule has 0 amide bonds. The van der Waals surface area contributed by atoms with Gasteiger partial charge in [0, 0.05) is 31.9 Å². The highest BCUT2D eigenvalue weighted by Gasteiger charge is 2.39. The van der Waals surface area contributed by atoms with E-state index in [2.05, 4.69) is 12.2 Å². The summed E-state index contributed by atoms with van der Waals surface area (Å²) in [6.45, 7) is 5.09. The highest BCUT2D eigenvalue weighted by Crippen LogP contribution is 2.35. The van der Waals surface area contributed by atoms with E-state index in [9.17, 15) is 0 Å². The molecule has 3 aliphatic rings. The molecule has 2 heterocycles. The third-order valence-corrected chi connectivity index (χ3v) is 5.38. The van der Waals surface area contributed by atoms with Gasteiger partial charge in [-0.05, 0) is 57.3 Å². The monoisotopic (exact) mass is 267 g/mol. The van der Waals surface area contributed by atoms with E-state index in [4.69, 9.17) is 9.47 Å². The van der Waals surface area contributed by atoms with Crippen molar-refractivity contribution in [3.63, 3.8) is 0 Å². The Bertz CT molecular complexity index is 275. The second kappa shape index (κ2) is 6.11. The summed E-state index contributed by atoms with van der Waals surface area (Å²) in [5.41, 5.74) is 0.135. The van der Waals surface area contributed by atoms with Crippen LogP contribution < -0.4 is 5.32 Å². The Balaban J connectivity index is 1.50. The maximum atomic E-state index is 6.12. The molecule has 3 nitrogen and oxygen atoms in total. The summed E-state index contributed by atoms with van der Waals surface area (Å²) in [5.74, 6) is 0.939. The second-order valence-corrected chi connectivity index (χ2v) is 6.96. The van der Waals surface area contributed by atoms with Crippen LogP contribution in [0.4, 0.5) is 0 Å². The first-order valence-electron chi connectivity index (χ1n) is 8.24. The third-order valence-electron chi connectivity index (χ3n) is 5.38. The molecule has 2 aliphatic heterocycles. The van der Waals surface area contributed by atoms with Crippen LogP contribution in [0.3, 0.4) is 0 Å². The topological polar surface area (TPSA) is 30.5 Å². The van der Waals surface area contributed by atoms with Gasteiger partial charge in [0.15, 0.2) is 0 Å². The summed E-state index contributed by atoms with van der Waals surface area (Å²) in [6, 6.07) is 1.43. The number of hydrogen-bond acceptors (Lipinski definition) is 3. The van der Waals surface area contributed by atoms with Crippen LogP contribution in [-0.4, -0.2) is 37.5 Å². The molecule has 1 saturated carbocycles. The molecule has 1 spiro atoms. The van der Waals surface area contributed by atoms with Gasteiger partial charge in [-0.15, -0.1) is 0 Å². The van der Waals surface area contributed by atoms with Crippen LogP contribution in [0.5, 0.6) is 0 Å². The van der Waals surface area contributed by atoms with Gasteiger partial charge in [-0.1, -0.05) is 6.92 Å². The van der Waals surface area contributed by atoms with Gasteiger partial charge in [0.05, 0.1) is 5.60 Å². The fourth-order valence-electron chi connectivity index (χ4n) is 4.02. The summed E-state index contributed by atoms with van der Waals surface area (Å²) in [5, 5.41) is 3.93. The summed E-state index contributed by atoms with van der Waals surface area (Å²) in [7, 11) is 0. The van der Waals surface area contributed by atoms with Crippen molar-refractivity contribution in [3.05, 3.63) is 0 Å². The lowest BCUT2D eigenvalue weighted by Crippen LogP contribution is -2.52. The van der Waals surface area contributed by atoms with Crippen molar-refractivity contribution < 1.29 is 9.47 Å². The van der Waals surface area contributed by atoms with E-state index >= 15 is 0 Å². The predicted molar refractivity (Wildman–Crippen MR) is 76.3 cm³/mol. The van der Waals surface area contributed by atoms with E-state index in [1.807, 2.05) is 0 Å². The Kier molecular flexibility index (Phi) is 4.45. The van der Waals surface area contributed by atoms with Crippen LogP contribution in [0.25, 0.3) is 0 Å². The van der Waals surface area contributed by atoms with Gasteiger partial charge >= 0.3 is 0 Å². The maximum Gasteiger partial charge on any atom is 0.0741 e. The van der Waals surface area contributed by atoms with E-state index in [0.717, 1.165) is 44.6 Å². The molecule has 0 radical (unpaired) electrons. The highest BCUT2D eigenvalue weighted by molar-refractivity contribution is 4.93. The first-order valence-corrected chi connectivity index (χ1v) is 8.24. The Morgan fingerprint density at radius 2 is 1.63 bits per heavy atom. The van der Waals surface area contributed by atoms with Crippen molar-refractivity contribution in [3.8, 4) is 0 Å². The molecule has 1 atom stereocenters. The average Bonchev–Trinajstić information content (AvgIpc) is 2.42. The van der Waals surface area contributed by atoms with E-state index in [0.29, 0.717) is 6.04 Å². The Labute approximate surface area is 117 Å². The van der Waals surface area contributed by atoms with Gasteiger partial charge in [-0.2, -0.15) is 0 Å². The van der Waals surface area contributed by atoms with Crippen molar-refractivity contribution >= 4 is 0 Å². The van der Waals surface area contributed by atoms with Crippen LogP contribution >= 0.6 is 0 Å². The molecule has 3 fully saturated rings. The van der Waals surface area contributed by atoms with Gasteiger partial charge in [0.2, 0.25) is 0 Å². The molecule has 1 aliphatic carbocycles. The van der Waals surface area contributed by atoms with Crippen molar-refractivity contribution in [1.29, 1.82) is 0 Å². The molecule has 0 aromatic heterocycles. The number of ether oxygens (including phenoxy) is 2. The molecule has 2 saturated heterocycles. The van der Waals surface area contributed by atoms with Gasteiger partial charge in [-0.3, -0.25) is 0 Å². The van der Waals surface area contributed by atoms with Gasteiger partial charge in [0.1, 0.15) is 0 Å². The molecule has 0 aromatic carbocycles. The SMILES string of the molecule is CC1CCC(NC2CCOC3(CCOCC3)C2)CC1. The molecule has 0 aromatic rings.